The molecule has 3 rings (SSSR count). The number of benzene rings is 1. The maximum Gasteiger partial charge on any atom is 0.153 e. The average molecular weight is 260 g/mol. The zero-order valence-corrected chi connectivity index (χ0v) is 10.2. The van der Waals surface area contributed by atoms with Gasteiger partial charge in [0.1, 0.15) is 0 Å². The molecule has 4 nitrogen and oxygen atoms in total. The van der Waals surface area contributed by atoms with E-state index in [0.717, 1.165) is 11.3 Å². The second-order valence-electron chi connectivity index (χ2n) is 3.89. The smallest absolute Gasteiger partial charge is 0.153 e. The number of aliphatic hydroxyl groups excluding tert-OH is 1. The molecule has 0 aliphatic heterocycles. The summed E-state index contributed by atoms with van der Waals surface area (Å²) in [6.07, 6.45) is 1.70. The number of hydrogen-bond acceptors (Lipinski definition) is 3. The minimum absolute atomic E-state index is 0.0925. The summed E-state index contributed by atoms with van der Waals surface area (Å²) in [4.78, 5) is 4.21. The molecule has 0 spiro atoms. The van der Waals surface area contributed by atoms with Gasteiger partial charge in [-0.3, -0.25) is 0 Å². The van der Waals surface area contributed by atoms with Crippen molar-refractivity contribution in [2.75, 3.05) is 0 Å². The van der Waals surface area contributed by atoms with E-state index < -0.39 is 0 Å². The molecule has 2 heterocycles. The van der Waals surface area contributed by atoms with E-state index in [9.17, 15) is 0 Å². The number of imidazole rings is 1. The SMILES string of the molecule is OCc1cn2nc(-c3ccccc3Cl)ccc2n1. The van der Waals surface area contributed by atoms with Crippen LogP contribution in [0.5, 0.6) is 0 Å². The number of nitrogens with zero attached hydrogens (tertiary/aromatic N) is 3. The fourth-order valence-corrected chi connectivity index (χ4v) is 2.05. The van der Waals surface area contributed by atoms with Crippen molar-refractivity contribution in [3.63, 3.8) is 0 Å². The molecule has 5 heteroatoms. The van der Waals surface area contributed by atoms with Crippen LogP contribution in [0.25, 0.3) is 16.9 Å². The van der Waals surface area contributed by atoms with Crippen LogP contribution in [-0.4, -0.2) is 19.7 Å². The van der Waals surface area contributed by atoms with Crippen LogP contribution in [0.3, 0.4) is 0 Å². The summed E-state index contributed by atoms with van der Waals surface area (Å²) < 4.78 is 1.64. The van der Waals surface area contributed by atoms with Crippen molar-refractivity contribution in [1.82, 2.24) is 14.6 Å². The summed E-state index contributed by atoms with van der Waals surface area (Å²) in [6, 6.07) is 11.3. The topological polar surface area (TPSA) is 50.4 Å². The Morgan fingerprint density at radius 2 is 2.00 bits per heavy atom. The highest BCUT2D eigenvalue weighted by molar-refractivity contribution is 6.33. The lowest BCUT2D eigenvalue weighted by Crippen LogP contribution is -1.93. The van der Waals surface area contributed by atoms with Crippen molar-refractivity contribution < 1.29 is 5.11 Å². The van der Waals surface area contributed by atoms with Gasteiger partial charge in [0.2, 0.25) is 0 Å². The van der Waals surface area contributed by atoms with Crippen molar-refractivity contribution in [2.24, 2.45) is 0 Å². The van der Waals surface area contributed by atoms with Crippen molar-refractivity contribution >= 4 is 17.2 Å². The molecular weight excluding hydrogens is 250 g/mol. The van der Waals surface area contributed by atoms with Crippen LogP contribution in [0.15, 0.2) is 42.6 Å². The van der Waals surface area contributed by atoms with Crippen LogP contribution < -0.4 is 0 Å². The monoisotopic (exact) mass is 259 g/mol. The lowest BCUT2D eigenvalue weighted by atomic mass is 10.1. The Hall–Kier alpha value is -1.91. The van der Waals surface area contributed by atoms with Gasteiger partial charge in [-0.25, -0.2) is 9.50 Å². The first-order chi connectivity index (χ1) is 8.78. The second-order valence-corrected chi connectivity index (χ2v) is 4.30. The summed E-state index contributed by atoms with van der Waals surface area (Å²) in [7, 11) is 0. The second kappa shape index (κ2) is 4.40. The number of fused-ring (bicyclic) bond motifs is 1. The Balaban J connectivity index is 2.16. The molecule has 2 aromatic heterocycles. The van der Waals surface area contributed by atoms with Gasteiger partial charge in [-0.15, -0.1) is 0 Å². The molecule has 3 aromatic rings. The van der Waals surface area contributed by atoms with Gasteiger partial charge in [0.05, 0.1) is 29.2 Å². The highest BCUT2D eigenvalue weighted by Crippen LogP contribution is 2.25. The number of hydrogen-bond donors (Lipinski definition) is 1. The van der Waals surface area contributed by atoms with Crippen LogP contribution in [0.1, 0.15) is 5.69 Å². The Kier molecular flexibility index (Phi) is 2.74. The quantitative estimate of drug-likeness (QED) is 0.769. The summed E-state index contributed by atoms with van der Waals surface area (Å²) in [6.45, 7) is -0.0925. The van der Waals surface area contributed by atoms with E-state index in [1.54, 1.807) is 10.7 Å². The third-order valence-electron chi connectivity index (χ3n) is 2.68. The van der Waals surface area contributed by atoms with E-state index in [4.69, 9.17) is 16.7 Å². The van der Waals surface area contributed by atoms with Crippen molar-refractivity contribution in [2.45, 2.75) is 6.61 Å². The van der Waals surface area contributed by atoms with Crippen molar-refractivity contribution in [3.05, 3.63) is 53.3 Å². The Morgan fingerprint density at radius 3 is 2.78 bits per heavy atom. The minimum atomic E-state index is -0.0925. The number of aromatic nitrogens is 3. The first-order valence-electron chi connectivity index (χ1n) is 5.49. The minimum Gasteiger partial charge on any atom is -0.390 e. The molecule has 0 aliphatic carbocycles. The van der Waals surface area contributed by atoms with E-state index in [-0.39, 0.29) is 6.61 Å². The highest BCUT2D eigenvalue weighted by atomic mass is 35.5. The molecule has 0 atom stereocenters. The highest BCUT2D eigenvalue weighted by Gasteiger charge is 2.07. The number of halogens is 1. The van der Waals surface area contributed by atoms with Gasteiger partial charge in [-0.1, -0.05) is 29.8 Å². The van der Waals surface area contributed by atoms with Crippen molar-refractivity contribution in [3.8, 4) is 11.3 Å². The zero-order chi connectivity index (χ0) is 12.5. The lowest BCUT2D eigenvalue weighted by Gasteiger charge is -2.03. The summed E-state index contributed by atoms with van der Waals surface area (Å²) in [5.74, 6) is 0. The maximum absolute atomic E-state index is 9.04. The van der Waals surface area contributed by atoms with Gasteiger partial charge < -0.3 is 5.11 Å². The van der Waals surface area contributed by atoms with Crippen LogP contribution >= 0.6 is 11.6 Å². The van der Waals surface area contributed by atoms with Crippen LogP contribution in [0.4, 0.5) is 0 Å². The molecule has 0 saturated carbocycles. The molecule has 90 valence electrons. The predicted molar refractivity (Wildman–Crippen MR) is 69.4 cm³/mol. The molecule has 1 aromatic carbocycles. The van der Waals surface area contributed by atoms with E-state index in [1.165, 1.54) is 0 Å². The van der Waals surface area contributed by atoms with Gasteiger partial charge >= 0.3 is 0 Å². The summed E-state index contributed by atoms with van der Waals surface area (Å²) in [5, 5.41) is 14.1. The van der Waals surface area contributed by atoms with Crippen LogP contribution in [0.2, 0.25) is 5.02 Å². The molecule has 0 saturated heterocycles. The third kappa shape index (κ3) is 1.85. The van der Waals surface area contributed by atoms with E-state index in [0.29, 0.717) is 16.4 Å². The Morgan fingerprint density at radius 1 is 1.17 bits per heavy atom. The molecule has 1 N–H and O–H groups in total. The van der Waals surface area contributed by atoms with Gasteiger partial charge in [-0.05, 0) is 18.2 Å². The first-order valence-corrected chi connectivity index (χ1v) is 5.87. The predicted octanol–water partition coefficient (Wildman–Crippen LogP) is 2.54. The van der Waals surface area contributed by atoms with Gasteiger partial charge in [0, 0.05) is 5.56 Å². The first kappa shape index (κ1) is 11.2. The van der Waals surface area contributed by atoms with E-state index in [1.807, 2.05) is 36.4 Å². The summed E-state index contributed by atoms with van der Waals surface area (Å²) in [5.41, 5.74) is 2.95. The summed E-state index contributed by atoms with van der Waals surface area (Å²) >= 11 is 6.14. The van der Waals surface area contributed by atoms with E-state index >= 15 is 0 Å². The number of rotatable bonds is 2. The van der Waals surface area contributed by atoms with Crippen LogP contribution in [-0.2, 0) is 6.61 Å². The average Bonchev–Trinajstić information content (AvgIpc) is 2.81. The fraction of sp³-hybridized carbons (Fsp3) is 0.0769. The van der Waals surface area contributed by atoms with Gasteiger partial charge in [0.15, 0.2) is 5.65 Å². The van der Waals surface area contributed by atoms with Gasteiger partial charge in [0.25, 0.3) is 0 Å². The Labute approximate surface area is 108 Å². The maximum atomic E-state index is 9.04. The molecule has 0 bridgehead atoms. The van der Waals surface area contributed by atoms with E-state index in [2.05, 4.69) is 10.1 Å². The number of aliphatic hydroxyl groups is 1. The molecule has 0 radical (unpaired) electrons. The largest absolute Gasteiger partial charge is 0.390 e. The molecule has 0 unspecified atom stereocenters. The normalized spacial score (nSPS) is 11.0. The lowest BCUT2D eigenvalue weighted by molar-refractivity contribution is 0.277. The van der Waals surface area contributed by atoms with Crippen molar-refractivity contribution in [1.29, 1.82) is 0 Å². The van der Waals surface area contributed by atoms with Crippen LogP contribution in [0, 0.1) is 0 Å². The third-order valence-corrected chi connectivity index (χ3v) is 3.01. The molecule has 0 amide bonds. The zero-order valence-electron chi connectivity index (χ0n) is 9.42. The standard InChI is InChI=1S/C13H10ClN3O/c14-11-4-2-1-3-10(11)12-5-6-13-15-9(8-18)7-17(13)16-12/h1-7,18H,8H2. The molecule has 0 aliphatic rings. The molecule has 0 fully saturated rings. The molecule has 18 heavy (non-hydrogen) atoms. The molecular formula is C13H10ClN3O. The van der Waals surface area contributed by atoms with Gasteiger partial charge in [-0.2, -0.15) is 5.10 Å². The fourth-order valence-electron chi connectivity index (χ4n) is 1.82. The Bertz CT molecular complexity index is 708.